The Labute approximate surface area is 245 Å². The molecule has 0 saturated heterocycles. The van der Waals surface area contributed by atoms with Crippen molar-refractivity contribution in [2.75, 3.05) is 0 Å². The molecule has 0 bridgehead atoms. The first kappa shape index (κ1) is 25.2. The van der Waals surface area contributed by atoms with Crippen LogP contribution in [0.1, 0.15) is 0 Å². The van der Waals surface area contributed by atoms with Gasteiger partial charge in [0.1, 0.15) is 0 Å². The van der Waals surface area contributed by atoms with Gasteiger partial charge < -0.3 is 0 Å². The van der Waals surface area contributed by atoms with Crippen molar-refractivity contribution in [2.24, 2.45) is 0 Å². The Balaban J connectivity index is 1.28. The Bertz CT molecular complexity index is 1940. The van der Waals surface area contributed by atoms with Gasteiger partial charge in [-0.05, 0) is 39.4 Å². The van der Waals surface area contributed by atoms with Crippen LogP contribution in [0, 0.1) is 0 Å². The molecule has 7 rings (SSSR count). The van der Waals surface area contributed by atoms with Crippen molar-refractivity contribution in [3.8, 4) is 67.5 Å². The minimum atomic E-state index is 0.639. The van der Waals surface area contributed by atoms with Gasteiger partial charge in [-0.25, -0.2) is 15.0 Å². The number of nitrogens with zero attached hydrogens (tertiary/aromatic N) is 4. The molecular formula is C38H26N4. The second-order valence-electron chi connectivity index (χ2n) is 9.98. The average Bonchev–Trinajstić information content (AvgIpc) is 3.09. The molecule has 0 amide bonds. The van der Waals surface area contributed by atoms with E-state index in [4.69, 9.17) is 15.0 Å². The number of benzene rings is 5. The first-order valence-corrected chi connectivity index (χ1v) is 13.9. The van der Waals surface area contributed by atoms with Gasteiger partial charge in [0.15, 0.2) is 17.5 Å². The molecule has 0 atom stereocenters. The van der Waals surface area contributed by atoms with Crippen molar-refractivity contribution in [1.29, 1.82) is 0 Å². The summed E-state index contributed by atoms with van der Waals surface area (Å²) in [4.78, 5) is 19.1. The second kappa shape index (κ2) is 11.4. The standard InChI is InChI=1S/C38H26N4/c1-3-10-30(11-4-1)34-15-7-8-16-35(34)38-41-36(31-12-5-2-6-13-31)40-37(42-38)32-23-21-28(22-24-32)27-17-19-29(20-18-27)33-14-9-25-39-26-33/h1-26H. The fourth-order valence-electron chi connectivity index (χ4n) is 5.09. The molecule has 0 radical (unpaired) electrons. The molecule has 2 aromatic heterocycles. The van der Waals surface area contributed by atoms with Gasteiger partial charge in [-0.1, -0.05) is 140 Å². The summed E-state index contributed by atoms with van der Waals surface area (Å²) in [5, 5.41) is 0. The minimum Gasteiger partial charge on any atom is -0.264 e. The number of hydrogen-bond acceptors (Lipinski definition) is 4. The number of aromatic nitrogens is 4. The molecule has 4 nitrogen and oxygen atoms in total. The summed E-state index contributed by atoms with van der Waals surface area (Å²) in [5.41, 5.74) is 9.58. The highest BCUT2D eigenvalue weighted by Gasteiger charge is 2.15. The third kappa shape index (κ3) is 5.21. The molecule has 0 N–H and O–H groups in total. The first-order valence-electron chi connectivity index (χ1n) is 13.9. The molecule has 0 fully saturated rings. The lowest BCUT2D eigenvalue weighted by atomic mass is 9.99. The summed E-state index contributed by atoms with van der Waals surface area (Å²) in [5.74, 6) is 1.93. The maximum atomic E-state index is 5.01. The van der Waals surface area contributed by atoms with Gasteiger partial charge in [0.25, 0.3) is 0 Å². The van der Waals surface area contributed by atoms with Gasteiger partial charge in [0.2, 0.25) is 0 Å². The highest BCUT2D eigenvalue weighted by atomic mass is 15.0. The van der Waals surface area contributed by atoms with Crippen LogP contribution < -0.4 is 0 Å². The Morgan fingerprint density at radius 1 is 0.286 bits per heavy atom. The van der Waals surface area contributed by atoms with E-state index in [1.54, 1.807) is 6.20 Å². The van der Waals surface area contributed by atoms with E-state index in [-0.39, 0.29) is 0 Å². The first-order chi connectivity index (χ1) is 20.8. The number of rotatable bonds is 6. The summed E-state index contributed by atoms with van der Waals surface area (Å²) in [7, 11) is 0. The van der Waals surface area contributed by atoms with Crippen molar-refractivity contribution in [3.05, 3.63) is 158 Å². The van der Waals surface area contributed by atoms with Gasteiger partial charge in [0, 0.05) is 29.1 Å². The van der Waals surface area contributed by atoms with Crippen LogP contribution in [0.4, 0.5) is 0 Å². The van der Waals surface area contributed by atoms with E-state index in [0.29, 0.717) is 17.5 Å². The Kier molecular flexibility index (Phi) is 6.85. The predicted molar refractivity (Wildman–Crippen MR) is 170 cm³/mol. The molecule has 2 heterocycles. The largest absolute Gasteiger partial charge is 0.264 e. The normalized spacial score (nSPS) is 10.9. The number of hydrogen-bond donors (Lipinski definition) is 0. The lowest BCUT2D eigenvalue weighted by Crippen LogP contribution is -2.01. The van der Waals surface area contributed by atoms with Crippen molar-refractivity contribution >= 4 is 0 Å². The van der Waals surface area contributed by atoms with Gasteiger partial charge in [-0.2, -0.15) is 0 Å². The molecule has 5 aromatic carbocycles. The van der Waals surface area contributed by atoms with Crippen LogP contribution >= 0.6 is 0 Å². The average molecular weight is 539 g/mol. The molecular weight excluding hydrogens is 512 g/mol. The van der Waals surface area contributed by atoms with Crippen molar-refractivity contribution in [1.82, 2.24) is 19.9 Å². The van der Waals surface area contributed by atoms with Gasteiger partial charge in [-0.3, -0.25) is 4.98 Å². The lowest BCUT2D eigenvalue weighted by Gasteiger charge is -2.12. The zero-order chi connectivity index (χ0) is 28.1. The van der Waals surface area contributed by atoms with Crippen LogP contribution in [0.2, 0.25) is 0 Å². The van der Waals surface area contributed by atoms with E-state index >= 15 is 0 Å². The summed E-state index contributed by atoms with van der Waals surface area (Å²) in [6, 6.07) is 49.7. The predicted octanol–water partition coefficient (Wildman–Crippen LogP) is 9.27. The zero-order valence-corrected chi connectivity index (χ0v) is 22.8. The third-order valence-corrected chi connectivity index (χ3v) is 7.28. The van der Waals surface area contributed by atoms with Gasteiger partial charge in [0.05, 0.1) is 0 Å². The third-order valence-electron chi connectivity index (χ3n) is 7.28. The van der Waals surface area contributed by atoms with Crippen molar-refractivity contribution < 1.29 is 0 Å². The Morgan fingerprint density at radius 3 is 1.29 bits per heavy atom. The Hall–Kier alpha value is -5.74. The van der Waals surface area contributed by atoms with Crippen molar-refractivity contribution in [3.63, 3.8) is 0 Å². The van der Waals surface area contributed by atoms with Gasteiger partial charge >= 0.3 is 0 Å². The quantitative estimate of drug-likeness (QED) is 0.212. The lowest BCUT2D eigenvalue weighted by molar-refractivity contribution is 1.07. The Morgan fingerprint density at radius 2 is 0.714 bits per heavy atom. The van der Waals surface area contributed by atoms with E-state index in [1.165, 1.54) is 0 Å². The van der Waals surface area contributed by atoms with E-state index in [9.17, 15) is 0 Å². The zero-order valence-electron chi connectivity index (χ0n) is 22.8. The van der Waals surface area contributed by atoms with E-state index in [2.05, 4.69) is 83.8 Å². The van der Waals surface area contributed by atoms with Crippen molar-refractivity contribution in [2.45, 2.75) is 0 Å². The van der Waals surface area contributed by atoms with Crippen LogP contribution in [-0.2, 0) is 0 Å². The summed E-state index contributed by atoms with van der Waals surface area (Å²) in [6.45, 7) is 0. The van der Waals surface area contributed by atoms with E-state index in [1.807, 2.05) is 72.9 Å². The molecule has 0 aliphatic rings. The number of pyridine rings is 1. The molecule has 0 spiro atoms. The van der Waals surface area contributed by atoms with Crippen LogP contribution in [0.3, 0.4) is 0 Å². The molecule has 0 saturated carbocycles. The van der Waals surface area contributed by atoms with E-state index < -0.39 is 0 Å². The smallest absolute Gasteiger partial charge is 0.164 e. The molecule has 4 heteroatoms. The van der Waals surface area contributed by atoms with Crippen LogP contribution in [0.15, 0.2) is 158 Å². The van der Waals surface area contributed by atoms with Crippen LogP contribution in [-0.4, -0.2) is 19.9 Å². The maximum absolute atomic E-state index is 5.01. The highest BCUT2D eigenvalue weighted by Crippen LogP contribution is 2.33. The topological polar surface area (TPSA) is 51.6 Å². The molecule has 42 heavy (non-hydrogen) atoms. The molecule has 198 valence electrons. The van der Waals surface area contributed by atoms with E-state index in [0.717, 1.165) is 50.1 Å². The monoisotopic (exact) mass is 538 g/mol. The summed E-state index contributed by atoms with van der Waals surface area (Å²) in [6.07, 6.45) is 3.68. The fourth-order valence-corrected chi connectivity index (χ4v) is 5.09. The van der Waals surface area contributed by atoms with Crippen LogP contribution in [0.25, 0.3) is 67.5 Å². The second-order valence-corrected chi connectivity index (χ2v) is 9.98. The highest BCUT2D eigenvalue weighted by molar-refractivity contribution is 5.82. The fraction of sp³-hybridized carbons (Fsp3) is 0. The summed E-state index contributed by atoms with van der Waals surface area (Å²) < 4.78 is 0. The van der Waals surface area contributed by atoms with Gasteiger partial charge in [-0.15, -0.1) is 0 Å². The molecule has 0 unspecified atom stereocenters. The molecule has 0 aliphatic heterocycles. The SMILES string of the molecule is c1ccc(-c2nc(-c3ccc(-c4ccc(-c5cccnc5)cc4)cc3)nc(-c3ccccc3-c3ccccc3)n2)cc1. The molecule has 0 aliphatic carbocycles. The van der Waals surface area contributed by atoms with Crippen LogP contribution in [0.5, 0.6) is 0 Å². The maximum Gasteiger partial charge on any atom is 0.164 e. The summed E-state index contributed by atoms with van der Waals surface area (Å²) >= 11 is 0. The molecule has 7 aromatic rings. The minimum absolute atomic E-state index is 0.639.